The van der Waals surface area contributed by atoms with E-state index in [0.717, 1.165) is 30.1 Å². The van der Waals surface area contributed by atoms with Gasteiger partial charge in [-0.2, -0.15) is 0 Å². The molecular weight excluding hydrogens is 451 g/mol. The lowest BCUT2D eigenvalue weighted by molar-refractivity contribution is 0.581. The molecule has 25 heavy (non-hydrogen) atoms. The van der Waals surface area contributed by atoms with E-state index >= 15 is 0 Å². The van der Waals surface area contributed by atoms with Crippen molar-refractivity contribution in [3.8, 4) is 0 Å². The van der Waals surface area contributed by atoms with Crippen molar-refractivity contribution in [3.05, 3.63) is 29.3 Å². The summed E-state index contributed by atoms with van der Waals surface area (Å²) in [4.78, 5) is 4.77. The maximum Gasteiger partial charge on any atom is 0.240 e. The maximum atomic E-state index is 12.4. The Labute approximate surface area is 168 Å². The fourth-order valence-electron chi connectivity index (χ4n) is 2.44. The van der Waals surface area contributed by atoms with Gasteiger partial charge in [0.2, 0.25) is 10.0 Å². The number of rotatable bonds is 7. The highest BCUT2D eigenvalue weighted by Crippen LogP contribution is 2.28. The quantitative estimate of drug-likeness (QED) is 0.242. The van der Waals surface area contributed by atoms with Crippen LogP contribution in [0.1, 0.15) is 31.4 Å². The molecule has 2 rings (SSSR count). The third-order valence-electron chi connectivity index (χ3n) is 4.08. The SMILES string of the molecule is CCNC(=NCCNS(=O)(=O)c1cc(C)ccc1C)NC1CC1C.I. The van der Waals surface area contributed by atoms with Gasteiger partial charge in [-0.3, -0.25) is 4.99 Å². The molecule has 0 aromatic heterocycles. The van der Waals surface area contributed by atoms with Gasteiger partial charge in [0.15, 0.2) is 5.96 Å². The van der Waals surface area contributed by atoms with Crippen LogP contribution in [0.3, 0.4) is 0 Å². The largest absolute Gasteiger partial charge is 0.357 e. The topological polar surface area (TPSA) is 82.6 Å². The number of aryl methyl sites for hydroxylation is 2. The first-order valence-corrected chi connectivity index (χ1v) is 9.93. The van der Waals surface area contributed by atoms with E-state index in [1.165, 1.54) is 0 Å². The second-order valence-electron chi connectivity index (χ2n) is 6.39. The number of nitrogens with one attached hydrogen (secondary N) is 3. The molecule has 1 aliphatic carbocycles. The van der Waals surface area contributed by atoms with Crippen LogP contribution in [0.2, 0.25) is 0 Å². The van der Waals surface area contributed by atoms with Gasteiger partial charge in [-0.25, -0.2) is 13.1 Å². The lowest BCUT2D eigenvalue weighted by atomic mass is 10.2. The lowest BCUT2D eigenvalue weighted by Crippen LogP contribution is -2.39. The molecule has 2 unspecified atom stereocenters. The number of halogens is 1. The predicted octanol–water partition coefficient (Wildman–Crippen LogP) is 2.16. The zero-order chi connectivity index (χ0) is 17.7. The fourth-order valence-corrected chi connectivity index (χ4v) is 3.79. The lowest BCUT2D eigenvalue weighted by Gasteiger charge is -2.12. The van der Waals surface area contributed by atoms with Gasteiger partial charge in [-0.15, -0.1) is 24.0 Å². The molecule has 0 bridgehead atoms. The van der Waals surface area contributed by atoms with Crippen molar-refractivity contribution in [2.45, 2.75) is 45.1 Å². The first-order chi connectivity index (χ1) is 11.3. The summed E-state index contributed by atoms with van der Waals surface area (Å²) in [5.41, 5.74) is 1.67. The molecule has 0 aliphatic heterocycles. The molecule has 142 valence electrons. The minimum absolute atomic E-state index is 0. The van der Waals surface area contributed by atoms with E-state index in [9.17, 15) is 8.42 Å². The number of benzene rings is 1. The minimum Gasteiger partial charge on any atom is -0.357 e. The van der Waals surface area contributed by atoms with Gasteiger partial charge in [-0.1, -0.05) is 19.1 Å². The Hall–Kier alpha value is -0.870. The molecule has 0 radical (unpaired) electrons. The van der Waals surface area contributed by atoms with Crippen LogP contribution in [0, 0.1) is 19.8 Å². The van der Waals surface area contributed by atoms with E-state index in [1.54, 1.807) is 13.0 Å². The minimum atomic E-state index is -3.50. The van der Waals surface area contributed by atoms with E-state index in [2.05, 4.69) is 27.3 Å². The molecule has 2 atom stereocenters. The first-order valence-electron chi connectivity index (χ1n) is 8.45. The molecule has 0 amide bonds. The highest BCUT2D eigenvalue weighted by Gasteiger charge is 2.33. The molecule has 8 heteroatoms. The van der Waals surface area contributed by atoms with Gasteiger partial charge in [0, 0.05) is 19.1 Å². The predicted molar refractivity (Wildman–Crippen MR) is 113 cm³/mol. The molecule has 6 nitrogen and oxygen atoms in total. The van der Waals surface area contributed by atoms with Crippen LogP contribution in [0.25, 0.3) is 0 Å². The summed E-state index contributed by atoms with van der Waals surface area (Å²) in [5.74, 6) is 1.43. The summed E-state index contributed by atoms with van der Waals surface area (Å²) >= 11 is 0. The Morgan fingerprint density at radius 2 is 2.00 bits per heavy atom. The van der Waals surface area contributed by atoms with Crippen LogP contribution in [0.15, 0.2) is 28.1 Å². The number of nitrogens with zero attached hydrogens (tertiary/aromatic N) is 1. The Morgan fingerprint density at radius 1 is 1.32 bits per heavy atom. The standard InChI is InChI=1S/C17H28N4O2S.HI/c1-5-18-17(21-15-11-14(15)4)19-8-9-20-24(22,23)16-10-12(2)6-7-13(16)3;/h6-7,10,14-15,20H,5,8-9,11H2,1-4H3,(H2,18,19,21);1H. The van der Waals surface area contributed by atoms with Crippen molar-refractivity contribution in [3.63, 3.8) is 0 Å². The Balaban J connectivity index is 0.00000312. The monoisotopic (exact) mass is 480 g/mol. The molecule has 1 aromatic rings. The highest BCUT2D eigenvalue weighted by molar-refractivity contribution is 14.0. The maximum absolute atomic E-state index is 12.4. The molecule has 1 saturated carbocycles. The molecule has 3 N–H and O–H groups in total. The van der Waals surface area contributed by atoms with Gasteiger partial charge in [0.1, 0.15) is 0 Å². The summed E-state index contributed by atoms with van der Waals surface area (Å²) in [7, 11) is -3.50. The summed E-state index contributed by atoms with van der Waals surface area (Å²) in [6, 6.07) is 5.91. The van der Waals surface area contributed by atoms with E-state index < -0.39 is 10.0 Å². The Kier molecular flexibility index (Phi) is 8.62. The third-order valence-corrected chi connectivity index (χ3v) is 5.69. The van der Waals surface area contributed by atoms with Gasteiger partial charge in [-0.05, 0) is 50.3 Å². The van der Waals surface area contributed by atoms with Crippen molar-refractivity contribution in [2.24, 2.45) is 10.9 Å². The normalized spacial score (nSPS) is 19.9. The van der Waals surface area contributed by atoms with Crippen LogP contribution in [-0.2, 0) is 10.0 Å². The summed E-state index contributed by atoms with van der Waals surface area (Å²) in [6.07, 6.45) is 1.16. The van der Waals surface area contributed by atoms with Crippen LogP contribution in [-0.4, -0.2) is 40.1 Å². The highest BCUT2D eigenvalue weighted by atomic mass is 127. The van der Waals surface area contributed by atoms with Gasteiger partial charge < -0.3 is 10.6 Å². The third kappa shape index (κ3) is 6.74. The van der Waals surface area contributed by atoms with Gasteiger partial charge in [0.05, 0.1) is 11.4 Å². The van der Waals surface area contributed by atoms with Crippen LogP contribution < -0.4 is 15.4 Å². The summed E-state index contributed by atoms with van der Waals surface area (Å²) in [6.45, 7) is 9.33. The van der Waals surface area contributed by atoms with Crippen molar-refractivity contribution in [1.82, 2.24) is 15.4 Å². The smallest absolute Gasteiger partial charge is 0.240 e. The zero-order valence-corrected chi connectivity index (χ0v) is 18.4. The Morgan fingerprint density at radius 3 is 2.60 bits per heavy atom. The molecule has 0 heterocycles. The number of guanidine groups is 1. The fraction of sp³-hybridized carbons (Fsp3) is 0.588. The molecule has 1 fully saturated rings. The number of aliphatic imine (C=N–C) groups is 1. The molecule has 0 saturated heterocycles. The molecule has 1 aromatic carbocycles. The van der Waals surface area contributed by atoms with Crippen molar-refractivity contribution in [2.75, 3.05) is 19.6 Å². The number of sulfonamides is 1. The van der Waals surface area contributed by atoms with Crippen molar-refractivity contribution in [1.29, 1.82) is 0 Å². The summed E-state index contributed by atoms with van der Waals surface area (Å²) < 4.78 is 27.5. The molecule has 1 aliphatic rings. The average molecular weight is 480 g/mol. The number of hydrogen-bond acceptors (Lipinski definition) is 3. The van der Waals surface area contributed by atoms with Crippen LogP contribution in [0.5, 0.6) is 0 Å². The van der Waals surface area contributed by atoms with E-state index in [1.807, 2.05) is 26.0 Å². The van der Waals surface area contributed by atoms with Gasteiger partial charge in [0.25, 0.3) is 0 Å². The van der Waals surface area contributed by atoms with E-state index in [0.29, 0.717) is 23.4 Å². The second kappa shape index (κ2) is 9.72. The molecular formula is C17H29IN4O2S. The van der Waals surface area contributed by atoms with Gasteiger partial charge >= 0.3 is 0 Å². The Bertz CT molecular complexity index is 707. The first kappa shape index (κ1) is 22.2. The van der Waals surface area contributed by atoms with Crippen molar-refractivity contribution >= 4 is 40.0 Å². The van der Waals surface area contributed by atoms with Crippen LogP contribution >= 0.6 is 24.0 Å². The number of hydrogen-bond donors (Lipinski definition) is 3. The average Bonchev–Trinajstić information content (AvgIpc) is 3.21. The second-order valence-corrected chi connectivity index (χ2v) is 8.13. The molecule has 0 spiro atoms. The van der Waals surface area contributed by atoms with Crippen molar-refractivity contribution < 1.29 is 8.42 Å². The van der Waals surface area contributed by atoms with E-state index in [-0.39, 0.29) is 30.5 Å². The van der Waals surface area contributed by atoms with Crippen LogP contribution in [0.4, 0.5) is 0 Å². The zero-order valence-electron chi connectivity index (χ0n) is 15.3. The van der Waals surface area contributed by atoms with E-state index in [4.69, 9.17) is 0 Å². The summed E-state index contributed by atoms with van der Waals surface area (Å²) in [5, 5.41) is 6.53.